The van der Waals surface area contributed by atoms with Crippen LogP contribution in [0.25, 0.3) is 5.82 Å². The first-order valence-electron chi connectivity index (χ1n) is 12.8. The summed E-state index contributed by atoms with van der Waals surface area (Å²) >= 11 is 19.0. The molecule has 194 valence electrons. The average molecular weight is 564 g/mol. The van der Waals surface area contributed by atoms with E-state index in [2.05, 4.69) is 54.8 Å². The first kappa shape index (κ1) is 25.2. The van der Waals surface area contributed by atoms with Gasteiger partial charge in [-0.15, -0.1) is 0 Å². The third-order valence-corrected chi connectivity index (χ3v) is 8.31. The predicted molar refractivity (Wildman–Crippen MR) is 159 cm³/mol. The zero-order valence-electron chi connectivity index (χ0n) is 21.0. The summed E-state index contributed by atoms with van der Waals surface area (Å²) in [4.78, 5) is 13.8. The topological polar surface area (TPSA) is 49.2 Å². The van der Waals surface area contributed by atoms with Crippen molar-refractivity contribution >= 4 is 51.9 Å². The minimum atomic E-state index is -0.192. The van der Waals surface area contributed by atoms with Gasteiger partial charge in [0, 0.05) is 43.1 Å². The van der Waals surface area contributed by atoms with Gasteiger partial charge in [0.15, 0.2) is 5.11 Å². The standard InChI is InChI=1S/C29H28Cl2N6S/c1-19-11-15-35(16-12-19)24-9-8-21(17-22(24)31)37-28(27(34-29(37)38)23-5-2-3-13-32-23)25-6-4-14-36(25)26-10-7-20(30)18-33-26/h2-10,13-14,17-19,27-28H,11-12,15-16H2,1H3,(H,34,38)/t27-,28+/m0/s1. The summed E-state index contributed by atoms with van der Waals surface area (Å²) in [7, 11) is 0. The molecule has 2 fully saturated rings. The van der Waals surface area contributed by atoms with E-state index >= 15 is 0 Å². The van der Waals surface area contributed by atoms with Gasteiger partial charge in [-0.25, -0.2) is 4.98 Å². The lowest BCUT2D eigenvalue weighted by molar-refractivity contribution is 0.438. The lowest BCUT2D eigenvalue weighted by Gasteiger charge is -2.33. The van der Waals surface area contributed by atoms with Crippen molar-refractivity contribution in [2.75, 3.05) is 22.9 Å². The van der Waals surface area contributed by atoms with Crippen LogP contribution in [0, 0.1) is 5.92 Å². The van der Waals surface area contributed by atoms with Crippen molar-refractivity contribution in [3.63, 3.8) is 0 Å². The van der Waals surface area contributed by atoms with Gasteiger partial charge in [-0.3, -0.25) is 4.98 Å². The molecule has 1 N–H and O–H groups in total. The molecule has 6 rings (SSSR count). The minimum absolute atomic E-state index is 0.174. The van der Waals surface area contributed by atoms with Crippen LogP contribution in [-0.4, -0.2) is 32.7 Å². The van der Waals surface area contributed by atoms with E-state index in [0.717, 1.165) is 52.6 Å². The van der Waals surface area contributed by atoms with E-state index in [-0.39, 0.29) is 12.1 Å². The van der Waals surface area contributed by atoms with Crippen LogP contribution in [0.4, 0.5) is 11.4 Å². The molecular weight excluding hydrogens is 535 g/mol. The quantitative estimate of drug-likeness (QED) is 0.264. The Balaban J connectivity index is 1.42. The van der Waals surface area contributed by atoms with Crippen molar-refractivity contribution in [1.82, 2.24) is 19.9 Å². The number of thiocarbonyl (C=S) groups is 1. The number of halogens is 2. The summed E-state index contributed by atoms with van der Waals surface area (Å²) in [5, 5.41) is 5.48. The van der Waals surface area contributed by atoms with E-state index in [1.165, 1.54) is 12.8 Å². The summed E-state index contributed by atoms with van der Waals surface area (Å²) < 4.78 is 2.07. The Bertz CT molecular complexity index is 1430. The molecule has 5 heterocycles. The largest absolute Gasteiger partial charge is 0.370 e. The molecule has 2 atom stereocenters. The van der Waals surface area contributed by atoms with Crippen molar-refractivity contribution in [2.24, 2.45) is 5.92 Å². The van der Waals surface area contributed by atoms with Gasteiger partial charge >= 0.3 is 0 Å². The van der Waals surface area contributed by atoms with Gasteiger partial charge in [0.2, 0.25) is 0 Å². The molecule has 6 nitrogen and oxygen atoms in total. The van der Waals surface area contributed by atoms with Crippen molar-refractivity contribution in [1.29, 1.82) is 0 Å². The number of hydrogen-bond donors (Lipinski definition) is 1. The van der Waals surface area contributed by atoms with Crippen LogP contribution in [0.3, 0.4) is 0 Å². The second-order valence-corrected chi connectivity index (χ2v) is 11.2. The van der Waals surface area contributed by atoms with Crippen LogP contribution >= 0.6 is 35.4 Å². The maximum atomic E-state index is 6.92. The molecule has 0 bridgehead atoms. The first-order chi connectivity index (χ1) is 18.5. The molecule has 2 saturated heterocycles. The molecule has 2 aliphatic rings. The zero-order chi connectivity index (χ0) is 26.2. The second-order valence-electron chi connectivity index (χ2n) is 9.94. The van der Waals surface area contributed by atoms with E-state index in [9.17, 15) is 0 Å². The number of aromatic nitrogens is 3. The molecule has 3 aromatic heterocycles. The smallest absolute Gasteiger partial charge is 0.174 e. The highest BCUT2D eigenvalue weighted by Crippen LogP contribution is 2.44. The van der Waals surface area contributed by atoms with Crippen LogP contribution in [0.15, 0.2) is 79.3 Å². The first-order valence-corrected chi connectivity index (χ1v) is 14.0. The molecule has 0 amide bonds. The molecule has 9 heteroatoms. The minimum Gasteiger partial charge on any atom is -0.370 e. The van der Waals surface area contributed by atoms with Crippen LogP contribution in [0.5, 0.6) is 0 Å². The van der Waals surface area contributed by atoms with E-state index in [1.54, 1.807) is 6.20 Å². The summed E-state index contributed by atoms with van der Waals surface area (Å²) in [6.07, 6.45) is 7.84. The molecule has 0 aliphatic carbocycles. The molecule has 38 heavy (non-hydrogen) atoms. The average Bonchev–Trinajstić information content (AvgIpc) is 3.54. The van der Waals surface area contributed by atoms with Crippen LogP contribution in [-0.2, 0) is 0 Å². The molecule has 0 unspecified atom stereocenters. The van der Waals surface area contributed by atoms with Gasteiger partial charge < -0.3 is 19.7 Å². The summed E-state index contributed by atoms with van der Waals surface area (Å²) in [5.74, 6) is 1.53. The highest BCUT2D eigenvalue weighted by atomic mass is 35.5. The Morgan fingerprint density at radius 2 is 1.82 bits per heavy atom. The van der Waals surface area contributed by atoms with Gasteiger partial charge in [-0.05, 0) is 85.6 Å². The Hall–Kier alpha value is -3.13. The lowest BCUT2D eigenvalue weighted by atomic mass is 9.98. The molecule has 0 spiro atoms. The van der Waals surface area contributed by atoms with Crippen LogP contribution < -0.4 is 15.1 Å². The Morgan fingerprint density at radius 3 is 2.53 bits per heavy atom. The zero-order valence-corrected chi connectivity index (χ0v) is 23.3. The van der Waals surface area contributed by atoms with Gasteiger partial charge in [-0.1, -0.05) is 36.2 Å². The summed E-state index contributed by atoms with van der Waals surface area (Å²) in [5.41, 5.74) is 3.94. The Kier molecular flexibility index (Phi) is 6.99. The van der Waals surface area contributed by atoms with E-state index < -0.39 is 0 Å². The van der Waals surface area contributed by atoms with Crippen molar-refractivity contribution < 1.29 is 0 Å². The second kappa shape index (κ2) is 10.6. The molecular formula is C29H28Cl2N6S. The van der Waals surface area contributed by atoms with Crippen molar-refractivity contribution in [3.05, 3.63) is 101 Å². The Morgan fingerprint density at radius 1 is 0.974 bits per heavy atom. The van der Waals surface area contributed by atoms with Gasteiger partial charge in [0.05, 0.1) is 27.5 Å². The van der Waals surface area contributed by atoms with Crippen molar-refractivity contribution in [2.45, 2.75) is 31.8 Å². The third-order valence-electron chi connectivity index (χ3n) is 7.47. The van der Waals surface area contributed by atoms with Gasteiger partial charge in [0.1, 0.15) is 11.9 Å². The maximum absolute atomic E-state index is 6.92. The molecule has 2 aliphatic heterocycles. The van der Waals surface area contributed by atoms with E-state index in [0.29, 0.717) is 10.1 Å². The normalized spacial score (nSPS) is 20.1. The van der Waals surface area contributed by atoms with Crippen LogP contribution in [0.1, 0.15) is 43.2 Å². The van der Waals surface area contributed by atoms with Gasteiger partial charge in [0.25, 0.3) is 0 Å². The number of pyridine rings is 2. The molecule has 4 aromatic rings. The number of anilines is 2. The van der Waals surface area contributed by atoms with E-state index in [4.69, 9.17) is 35.4 Å². The van der Waals surface area contributed by atoms with Crippen molar-refractivity contribution in [3.8, 4) is 5.82 Å². The SMILES string of the molecule is CC1CCN(c2ccc(N3C(=S)N[C@@H](c4ccccn4)[C@H]3c3cccn3-c3ccc(Cl)cn3)cc2Cl)CC1. The molecule has 0 radical (unpaired) electrons. The fraction of sp³-hybridized carbons (Fsp3) is 0.276. The molecule has 0 saturated carbocycles. The maximum Gasteiger partial charge on any atom is 0.174 e. The number of nitrogens with one attached hydrogen (secondary N) is 1. The summed E-state index contributed by atoms with van der Waals surface area (Å²) in [6, 6.07) is 19.7. The number of nitrogens with zero attached hydrogens (tertiary/aromatic N) is 5. The number of benzene rings is 1. The monoisotopic (exact) mass is 562 g/mol. The van der Waals surface area contributed by atoms with E-state index in [1.807, 2.05) is 54.9 Å². The summed E-state index contributed by atoms with van der Waals surface area (Å²) in [6.45, 7) is 4.36. The highest BCUT2D eigenvalue weighted by Gasteiger charge is 2.42. The predicted octanol–water partition coefficient (Wildman–Crippen LogP) is 6.99. The Labute approximate surface area is 238 Å². The number of hydrogen-bond acceptors (Lipinski definition) is 4. The fourth-order valence-electron chi connectivity index (χ4n) is 5.44. The number of rotatable bonds is 5. The van der Waals surface area contributed by atoms with Crippen LogP contribution in [0.2, 0.25) is 10.0 Å². The van der Waals surface area contributed by atoms with Gasteiger partial charge in [-0.2, -0.15) is 0 Å². The third kappa shape index (κ3) is 4.75. The molecule has 1 aromatic carbocycles. The lowest BCUT2D eigenvalue weighted by Crippen LogP contribution is -2.33. The highest BCUT2D eigenvalue weighted by molar-refractivity contribution is 7.80. The number of piperidine rings is 1. The fourth-order valence-corrected chi connectivity index (χ4v) is 6.19.